The SMILES string of the molecule is C=CCNc1ccc(NCC)cc1. The number of nitrogens with one attached hydrogen (secondary N) is 2. The van der Waals surface area contributed by atoms with E-state index in [2.05, 4.69) is 48.4 Å². The average molecular weight is 176 g/mol. The van der Waals surface area contributed by atoms with Gasteiger partial charge >= 0.3 is 0 Å². The van der Waals surface area contributed by atoms with Crippen molar-refractivity contribution in [1.82, 2.24) is 0 Å². The third kappa shape index (κ3) is 3.20. The Bertz CT molecular complexity index is 251. The minimum atomic E-state index is 0.806. The van der Waals surface area contributed by atoms with Crippen LogP contribution in [0.25, 0.3) is 0 Å². The molecule has 0 spiro atoms. The lowest BCUT2D eigenvalue weighted by atomic mass is 10.3. The molecule has 1 aromatic rings. The second-order valence-electron chi connectivity index (χ2n) is 2.78. The molecule has 1 rings (SSSR count). The molecule has 2 N–H and O–H groups in total. The molecule has 0 aromatic heterocycles. The van der Waals surface area contributed by atoms with Crippen molar-refractivity contribution >= 4 is 11.4 Å². The van der Waals surface area contributed by atoms with Gasteiger partial charge in [-0.2, -0.15) is 0 Å². The lowest BCUT2D eigenvalue weighted by molar-refractivity contribution is 1.21. The Morgan fingerprint density at radius 2 is 1.69 bits per heavy atom. The van der Waals surface area contributed by atoms with E-state index in [1.54, 1.807) is 0 Å². The first kappa shape index (κ1) is 9.65. The number of hydrogen-bond acceptors (Lipinski definition) is 2. The Morgan fingerprint density at radius 3 is 2.15 bits per heavy atom. The zero-order chi connectivity index (χ0) is 9.52. The topological polar surface area (TPSA) is 24.1 Å². The van der Waals surface area contributed by atoms with Gasteiger partial charge in [-0.15, -0.1) is 6.58 Å². The van der Waals surface area contributed by atoms with Crippen LogP contribution in [-0.4, -0.2) is 13.1 Å². The Kier molecular flexibility index (Phi) is 3.89. The van der Waals surface area contributed by atoms with E-state index in [1.165, 1.54) is 0 Å². The largest absolute Gasteiger partial charge is 0.385 e. The van der Waals surface area contributed by atoms with Gasteiger partial charge in [-0.1, -0.05) is 6.08 Å². The van der Waals surface area contributed by atoms with E-state index < -0.39 is 0 Å². The van der Waals surface area contributed by atoms with Gasteiger partial charge in [-0.3, -0.25) is 0 Å². The molecule has 2 heteroatoms. The summed E-state index contributed by atoms with van der Waals surface area (Å²) < 4.78 is 0. The van der Waals surface area contributed by atoms with Crippen molar-refractivity contribution in [2.75, 3.05) is 23.7 Å². The molecule has 0 aliphatic heterocycles. The molecule has 0 aliphatic carbocycles. The molecule has 0 aliphatic rings. The van der Waals surface area contributed by atoms with Gasteiger partial charge in [0.2, 0.25) is 0 Å². The smallest absolute Gasteiger partial charge is 0.0344 e. The fourth-order valence-electron chi connectivity index (χ4n) is 1.10. The molecule has 0 heterocycles. The molecule has 0 radical (unpaired) electrons. The fourth-order valence-corrected chi connectivity index (χ4v) is 1.10. The van der Waals surface area contributed by atoms with Crippen LogP contribution < -0.4 is 10.6 Å². The highest BCUT2D eigenvalue weighted by Gasteiger charge is 1.90. The summed E-state index contributed by atoms with van der Waals surface area (Å²) in [6.07, 6.45) is 1.85. The highest BCUT2D eigenvalue weighted by molar-refractivity contribution is 5.53. The van der Waals surface area contributed by atoms with Crippen molar-refractivity contribution in [3.8, 4) is 0 Å². The maximum absolute atomic E-state index is 3.65. The first-order chi connectivity index (χ1) is 6.36. The van der Waals surface area contributed by atoms with Gasteiger partial charge in [-0.25, -0.2) is 0 Å². The highest BCUT2D eigenvalue weighted by atomic mass is 14.9. The molecule has 0 atom stereocenters. The first-order valence-electron chi connectivity index (χ1n) is 4.55. The van der Waals surface area contributed by atoms with Crippen LogP contribution in [0.15, 0.2) is 36.9 Å². The lowest BCUT2D eigenvalue weighted by Crippen LogP contribution is -1.99. The summed E-state index contributed by atoms with van der Waals surface area (Å²) in [4.78, 5) is 0. The number of rotatable bonds is 5. The zero-order valence-corrected chi connectivity index (χ0v) is 8.01. The van der Waals surface area contributed by atoms with Crippen LogP contribution in [0.4, 0.5) is 11.4 Å². The minimum absolute atomic E-state index is 0.806. The summed E-state index contributed by atoms with van der Waals surface area (Å²) in [5.41, 5.74) is 2.29. The maximum atomic E-state index is 3.65. The third-order valence-corrected chi connectivity index (χ3v) is 1.72. The van der Waals surface area contributed by atoms with Crippen molar-refractivity contribution < 1.29 is 0 Å². The van der Waals surface area contributed by atoms with E-state index in [-0.39, 0.29) is 0 Å². The predicted molar refractivity (Wildman–Crippen MR) is 59.3 cm³/mol. The lowest BCUT2D eigenvalue weighted by Gasteiger charge is -2.05. The third-order valence-electron chi connectivity index (χ3n) is 1.72. The molecule has 70 valence electrons. The van der Waals surface area contributed by atoms with Crippen molar-refractivity contribution in [3.63, 3.8) is 0 Å². The molecular weight excluding hydrogens is 160 g/mol. The summed E-state index contributed by atoms with van der Waals surface area (Å²) in [7, 11) is 0. The van der Waals surface area contributed by atoms with Crippen molar-refractivity contribution in [2.45, 2.75) is 6.92 Å². The van der Waals surface area contributed by atoms with Crippen LogP contribution in [0.1, 0.15) is 6.92 Å². The van der Waals surface area contributed by atoms with E-state index in [9.17, 15) is 0 Å². The summed E-state index contributed by atoms with van der Waals surface area (Å²) in [6, 6.07) is 8.24. The zero-order valence-electron chi connectivity index (χ0n) is 8.01. The Balaban J connectivity index is 2.53. The minimum Gasteiger partial charge on any atom is -0.385 e. The monoisotopic (exact) mass is 176 g/mol. The van der Waals surface area contributed by atoms with Gasteiger partial charge in [0.25, 0.3) is 0 Å². The van der Waals surface area contributed by atoms with E-state index >= 15 is 0 Å². The second-order valence-corrected chi connectivity index (χ2v) is 2.78. The molecular formula is C11H16N2. The van der Waals surface area contributed by atoms with Gasteiger partial charge in [0.05, 0.1) is 0 Å². The number of benzene rings is 1. The van der Waals surface area contributed by atoms with Crippen LogP contribution in [0.3, 0.4) is 0 Å². The summed E-state index contributed by atoms with van der Waals surface area (Å²) in [6.45, 7) is 7.50. The van der Waals surface area contributed by atoms with Gasteiger partial charge in [0.15, 0.2) is 0 Å². The molecule has 0 amide bonds. The fraction of sp³-hybridized carbons (Fsp3) is 0.273. The van der Waals surface area contributed by atoms with Crippen LogP contribution in [-0.2, 0) is 0 Å². The predicted octanol–water partition coefficient (Wildman–Crippen LogP) is 2.72. The molecule has 1 aromatic carbocycles. The van der Waals surface area contributed by atoms with Crippen LogP contribution in [0, 0.1) is 0 Å². The standard InChI is InChI=1S/C11H16N2/c1-3-9-13-11-7-5-10(6-8-11)12-4-2/h3,5-8,12-13H,1,4,9H2,2H3. The van der Waals surface area contributed by atoms with Crippen molar-refractivity contribution in [2.24, 2.45) is 0 Å². The summed E-state index contributed by atoms with van der Waals surface area (Å²) >= 11 is 0. The van der Waals surface area contributed by atoms with Gasteiger partial charge in [0.1, 0.15) is 0 Å². The number of hydrogen-bond donors (Lipinski definition) is 2. The van der Waals surface area contributed by atoms with Gasteiger partial charge in [-0.05, 0) is 31.2 Å². The van der Waals surface area contributed by atoms with Crippen LogP contribution in [0.5, 0.6) is 0 Å². The van der Waals surface area contributed by atoms with Crippen LogP contribution in [0.2, 0.25) is 0 Å². The van der Waals surface area contributed by atoms with Crippen LogP contribution >= 0.6 is 0 Å². The Hall–Kier alpha value is -1.44. The quantitative estimate of drug-likeness (QED) is 0.674. The van der Waals surface area contributed by atoms with Gasteiger partial charge < -0.3 is 10.6 Å². The molecule has 0 saturated carbocycles. The normalized spacial score (nSPS) is 9.31. The van der Waals surface area contributed by atoms with Gasteiger partial charge in [0, 0.05) is 24.5 Å². The molecule has 2 nitrogen and oxygen atoms in total. The molecule has 0 unspecified atom stereocenters. The highest BCUT2D eigenvalue weighted by Crippen LogP contribution is 2.12. The first-order valence-corrected chi connectivity index (χ1v) is 4.55. The molecule has 0 fully saturated rings. The van der Waals surface area contributed by atoms with E-state index in [0.29, 0.717) is 0 Å². The Morgan fingerprint density at radius 1 is 1.15 bits per heavy atom. The van der Waals surface area contributed by atoms with E-state index in [4.69, 9.17) is 0 Å². The average Bonchev–Trinajstić information content (AvgIpc) is 2.17. The maximum Gasteiger partial charge on any atom is 0.0344 e. The molecule has 0 saturated heterocycles. The van der Waals surface area contributed by atoms with E-state index in [1.807, 2.05) is 6.08 Å². The molecule has 13 heavy (non-hydrogen) atoms. The number of anilines is 2. The summed E-state index contributed by atoms with van der Waals surface area (Å²) in [5, 5.41) is 6.46. The van der Waals surface area contributed by atoms with Crippen molar-refractivity contribution in [1.29, 1.82) is 0 Å². The second kappa shape index (κ2) is 5.25. The molecule has 0 bridgehead atoms. The Labute approximate surface area is 79.7 Å². The van der Waals surface area contributed by atoms with Crippen molar-refractivity contribution in [3.05, 3.63) is 36.9 Å². The van der Waals surface area contributed by atoms with E-state index in [0.717, 1.165) is 24.5 Å². The summed E-state index contributed by atoms with van der Waals surface area (Å²) in [5.74, 6) is 0.